The maximum Gasteiger partial charge on any atom is 0.146 e. The number of allylic oxidation sites excluding steroid dienone is 4. The molecule has 1 nitrogen and oxygen atoms in total. The van der Waals surface area contributed by atoms with E-state index < -0.39 is 0 Å². The van der Waals surface area contributed by atoms with E-state index in [4.69, 9.17) is 0 Å². The minimum atomic E-state index is 0.864. The zero-order valence-corrected chi connectivity index (χ0v) is 8.86. The standard InChI is InChI=1S/C14H14O/c1-11-2-6-13(7-3-11)14-8-4-12(10-15)5-9-14/h2-4,6-8,10H,5,9H2,1H3. The Labute approximate surface area is 90.1 Å². The van der Waals surface area contributed by atoms with Crippen molar-refractivity contribution in [1.29, 1.82) is 0 Å². The molecule has 0 atom stereocenters. The largest absolute Gasteiger partial charge is 0.298 e. The van der Waals surface area contributed by atoms with Gasteiger partial charge in [-0.25, -0.2) is 0 Å². The highest BCUT2D eigenvalue weighted by molar-refractivity contribution is 5.79. The number of carbonyl (C=O) groups excluding carboxylic acids is 1. The van der Waals surface area contributed by atoms with Crippen molar-refractivity contribution < 1.29 is 4.79 Å². The molecule has 1 aliphatic carbocycles. The van der Waals surface area contributed by atoms with E-state index in [1.54, 1.807) is 0 Å². The van der Waals surface area contributed by atoms with Crippen LogP contribution in [0.5, 0.6) is 0 Å². The van der Waals surface area contributed by atoms with Gasteiger partial charge in [-0.15, -0.1) is 0 Å². The minimum Gasteiger partial charge on any atom is -0.298 e. The first-order valence-electron chi connectivity index (χ1n) is 5.21. The van der Waals surface area contributed by atoms with Crippen LogP contribution in [-0.4, -0.2) is 6.29 Å². The zero-order chi connectivity index (χ0) is 10.7. The molecule has 0 spiro atoms. The lowest BCUT2D eigenvalue weighted by molar-refractivity contribution is -0.105. The second-order valence-electron chi connectivity index (χ2n) is 3.92. The Morgan fingerprint density at radius 2 is 1.80 bits per heavy atom. The van der Waals surface area contributed by atoms with E-state index in [2.05, 4.69) is 37.3 Å². The maximum atomic E-state index is 10.6. The van der Waals surface area contributed by atoms with Gasteiger partial charge in [-0.1, -0.05) is 42.0 Å². The van der Waals surface area contributed by atoms with Crippen LogP contribution in [0.25, 0.3) is 5.57 Å². The van der Waals surface area contributed by atoms with E-state index in [9.17, 15) is 4.79 Å². The second kappa shape index (κ2) is 4.26. The summed E-state index contributed by atoms with van der Waals surface area (Å²) in [5.74, 6) is 0. The summed E-state index contributed by atoms with van der Waals surface area (Å²) in [6, 6.07) is 8.52. The molecule has 15 heavy (non-hydrogen) atoms. The summed E-state index contributed by atoms with van der Waals surface area (Å²) in [6.45, 7) is 2.09. The molecule has 0 aliphatic heterocycles. The monoisotopic (exact) mass is 198 g/mol. The van der Waals surface area contributed by atoms with Gasteiger partial charge in [0.1, 0.15) is 6.29 Å². The number of rotatable bonds is 2. The predicted octanol–water partition coefficient (Wildman–Crippen LogP) is 3.30. The van der Waals surface area contributed by atoms with E-state index in [1.807, 2.05) is 6.08 Å². The summed E-state index contributed by atoms with van der Waals surface area (Å²) >= 11 is 0. The fraction of sp³-hybridized carbons (Fsp3) is 0.214. The Morgan fingerprint density at radius 1 is 1.07 bits per heavy atom. The van der Waals surface area contributed by atoms with Crippen molar-refractivity contribution in [2.24, 2.45) is 0 Å². The lowest BCUT2D eigenvalue weighted by Crippen LogP contribution is -1.94. The van der Waals surface area contributed by atoms with Crippen molar-refractivity contribution in [3.63, 3.8) is 0 Å². The Balaban J connectivity index is 2.26. The molecule has 0 unspecified atom stereocenters. The van der Waals surface area contributed by atoms with Crippen LogP contribution in [0.15, 0.2) is 42.0 Å². The molecule has 1 aromatic carbocycles. The van der Waals surface area contributed by atoms with Crippen LogP contribution in [0.4, 0.5) is 0 Å². The summed E-state index contributed by atoms with van der Waals surface area (Å²) in [7, 11) is 0. The fourth-order valence-electron chi connectivity index (χ4n) is 1.76. The molecule has 0 radical (unpaired) electrons. The normalized spacial score (nSPS) is 15.5. The van der Waals surface area contributed by atoms with Crippen LogP contribution in [-0.2, 0) is 4.79 Å². The molecule has 0 N–H and O–H groups in total. The van der Waals surface area contributed by atoms with Gasteiger partial charge in [-0.3, -0.25) is 4.79 Å². The van der Waals surface area contributed by atoms with E-state index >= 15 is 0 Å². The van der Waals surface area contributed by atoms with Crippen LogP contribution < -0.4 is 0 Å². The summed E-state index contributed by atoms with van der Waals surface area (Å²) in [5.41, 5.74) is 4.76. The van der Waals surface area contributed by atoms with E-state index in [0.717, 1.165) is 24.7 Å². The second-order valence-corrected chi connectivity index (χ2v) is 3.92. The lowest BCUT2D eigenvalue weighted by Gasteiger charge is -2.11. The first-order chi connectivity index (χ1) is 7.29. The maximum absolute atomic E-state index is 10.6. The highest BCUT2D eigenvalue weighted by Gasteiger charge is 2.07. The lowest BCUT2D eigenvalue weighted by atomic mass is 9.93. The summed E-state index contributed by atoms with van der Waals surface area (Å²) in [6.07, 6.45) is 6.75. The molecular weight excluding hydrogens is 184 g/mol. The molecule has 0 bridgehead atoms. The molecule has 2 rings (SSSR count). The average molecular weight is 198 g/mol. The zero-order valence-electron chi connectivity index (χ0n) is 8.86. The molecule has 76 valence electrons. The quantitative estimate of drug-likeness (QED) is 0.666. The van der Waals surface area contributed by atoms with Gasteiger partial charge in [0.05, 0.1) is 0 Å². The van der Waals surface area contributed by atoms with Gasteiger partial charge in [0, 0.05) is 0 Å². The van der Waals surface area contributed by atoms with Crippen molar-refractivity contribution in [1.82, 2.24) is 0 Å². The van der Waals surface area contributed by atoms with Crippen LogP contribution in [0.3, 0.4) is 0 Å². The molecule has 1 aliphatic rings. The van der Waals surface area contributed by atoms with E-state index in [-0.39, 0.29) is 0 Å². The Hall–Kier alpha value is -1.63. The van der Waals surface area contributed by atoms with Crippen molar-refractivity contribution >= 4 is 11.9 Å². The Kier molecular flexibility index (Phi) is 2.82. The molecule has 0 aromatic heterocycles. The molecule has 0 heterocycles. The smallest absolute Gasteiger partial charge is 0.146 e. The highest BCUT2D eigenvalue weighted by atomic mass is 16.1. The molecule has 1 heteroatoms. The van der Waals surface area contributed by atoms with E-state index in [0.29, 0.717) is 0 Å². The van der Waals surface area contributed by atoms with Gasteiger partial charge >= 0.3 is 0 Å². The first kappa shape index (κ1) is 9.91. The van der Waals surface area contributed by atoms with Crippen molar-refractivity contribution in [3.8, 4) is 0 Å². The molecule has 0 saturated carbocycles. The van der Waals surface area contributed by atoms with Crippen molar-refractivity contribution in [2.75, 3.05) is 0 Å². The van der Waals surface area contributed by atoms with Crippen molar-refractivity contribution in [2.45, 2.75) is 19.8 Å². The Morgan fingerprint density at radius 3 is 2.33 bits per heavy atom. The van der Waals surface area contributed by atoms with E-state index in [1.165, 1.54) is 16.7 Å². The number of carbonyl (C=O) groups is 1. The third-order valence-electron chi connectivity index (χ3n) is 2.76. The van der Waals surface area contributed by atoms with Crippen molar-refractivity contribution in [3.05, 3.63) is 53.1 Å². The van der Waals surface area contributed by atoms with Crippen LogP contribution in [0.2, 0.25) is 0 Å². The number of benzene rings is 1. The summed E-state index contributed by atoms with van der Waals surface area (Å²) < 4.78 is 0. The third-order valence-corrected chi connectivity index (χ3v) is 2.76. The predicted molar refractivity (Wildman–Crippen MR) is 62.5 cm³/mol. The fourth-order valence-corrected chi connectivity index (χ4v) is 1.76. The molecule has 0 saturated heterocycles. The number of hydrogen-bond acceptors (Lipinski definition) is 1. The van der Waals surface area contributed by atoms with Gasteiger partial charge in [-0.2, -0.15) is 0 Å². The van der Waals surface area contributed by atoms with Gasteiger partial charge in [0.25, 0.3) is 0 Å². The molecule has 0 fully saturated rings. The summed E-state index contributed by atoms with van der Waals surface area (Å²) in [5, 5.41) is 0. The number of aryl methyl sites for hydroxylation is 1. The van der Waals surface area contributed by atoms with Gasteiger partial charge < -0.3 is 0 Å². The minimum absolute atomic E-state index is 0.864. The number of hydrogen-bond donors (Lipinski definition) is 0. The topological polar surface area (TPSA) is 17.1 Å². The van der Waals surface area contributed by atoms with Gasteiger partial charge in [0.2, 0.25) is 0 Å². The number of aldehydes is 1. The van der Waals surface area contributed by atoms with Gasteiger partial charge in [-0.05, 0) is 36.5 Å². The molecule has 0 amide bonds. The third kappa shape index (κ3) is 2.24. The van der Waals surface area contributed by atoms with Crippen LogP contribution in [0, 0.1) is 6.92 Å². The molecule has 1 aromatic rings. The van der Waals surface area contributed by atoms with Gasteiger partial charge in [0.15, 0.2) is 0 Å². The Bertz CT molecular complexity index is 421. The first-order valence-corrected chi connectivity index (χ1v) is 5.21. The SMILES string of the molecule is Cc1ccc(C2=CC=C(C=O)CC2)cc1. The van der Waals surface area contributed by atoms with Crippen LogP contribution >= 0.6 is 0 Å². The summed E-state index contributed by atoms with van der Waals surface area (Å²) in [4.78, 5) is 10.6. The molecular formula is C14H14O. The highest BCUT2D eigenvalue weighted by Crippen LogP contribution is 2.25. The average Bonchev–Trinajstić information content (AvgIpc) is 2.30. The van der Waals surface area contributed by atoms with Crippen LogP contribution in [0.1, 0.15) is 24.0 Å².